The molecule has 1 saturated heterocycles. The Morgan fingerprint density at radius 1 is 1.35 bits per heavy atom. The van der Waals surface area contributed by atoms with Gasteiger partial charge in [0.15, 0.2) is 5.13 Å². The van der Waals surface area contributed by atoms with Crippen molar-refractivity contribution in [3.8, 4) is 0 Å². The minimum atomic E-state index is 0.817. The molecule has 1 N–H and O–H groups in total. The van der Waals surface area contributed by atoms with Gasteiger partial charge in [0.2, 0.25) is 0 Å². The molecule has 3 nitrogen and oxygen atoms in total. The first-order chi connectivity index (χ1) is 9.65. The molecular weight excluding hydrogens is 266 g/mol. The largest absolute Gasteiger partial charge is 0.348 e. The van der Waals surface area contributed by atoms with Crippen molar-refractivity contribution in [1.82, 2.24) is 10.3 Å². The first kappa shape index (κ1) is 15.8. The van der Waals surface area contributed by atoms with Crippen LogP contribution in [-0.2, 0) is 13.0 Å². The fourth-order valence-corrected chi connectivity index (χ4v) is 4.27. The zero-order valence-electron chi connectivity index (χ0n) is 13.4. The van der Waals surface area contributed by atoms with E-state index in [9.17, 15) is 0 Å². The topological polar surface area (TPSA) is 28.2 Å². The molecule has 0 aliphatic carbocycles. The molecular formula is C16H29N3S. The standard InChI is InChI=1S/C16H29N3S/c1-5-14-15(11-17-4)20-16(18-14)19-9-6-7-13(8-10-19)12(2)3/h12-13,17H,5-11H2,1-4H3. The molecule has 2 rings (SSSR count). The molecule has 1 aromatic heterocycles. The highest BCUT2D eigenvalue weighted by atomic mass is 32.1. The first-order valence-corrected chi connectivity index (χ1v) is 8.85. The maximum absolute atomic E-state index is 4.89. The van der Waals surface area contributed by atoms with Crippen molar-refractivity contribution in [2.75, 3.05) is 25.0 Å². The zero-order chi connectivity index (χ0) is 14.5. The Labute approximate surface area is 127 Å². The summed E-state index contributed by atoms with van der Waals surface area (Å²) < 4.78 is 0. The van der Waals surface area contributed by atoms with Gasteiger partial charge in [-0.1, -0.05) is 20.8 Å². The number of thiazole rings is 1. The van der Waals surface area contributed by atoms with E-state index in [1.165, 1.54) is 48.1 Å². The Hall–Kier alpha value is -0.610. The Morgan fingerprint density at radius 3 is 2.80 bits per heavy atom. The fraction of sp³-hybridized carbons (Fsp3) is 0.812. The van der Waals surface area contributed by atoms with Gasteiger partial charge in [-0.15, -0.1) is 11.3 Å². The lowest BCUT2D eigenvalue weighted by Gasteiger charge is -2.20. The van der Waals surface area contributed by atoms with Crippen LogP contribution in [0.5, 0.6) is 0 Å². The summed E-state index contributed by atoms with van der Waals surface area (Å²) in [4.78, 5) is 8.82. The Kier molecular flexibility index (Phi) is 5.85. The number of nitrogens with one attached hydrogen (secondary N) is 1. The second kappa shape index (κ2) is 7.41. The molecule has 0 bridgehead atoms. The summed E-state index contributed by atoms with van der Waals surface area (Å²) in [5, 5.41) is 4.51. The third-order valence-electron chi connectivity index (χ3n) is 4.43. The molecule has 20 heavy (non-hydrogen) atoms. The quantitative estimate of drug-likeness (QED) is 0.898. The molecule has 2 heterocycles. The van der Waals surface area contributed by atoms with Gasteiger partial charge in [0.25, 0.3) is 0 Å². The van der Waals surface area contributed by atoms with Gasteiger partial charge in [-0.25, -0.2) is 4.98 Å². The van der Waals surface area contributed by atoms with Crippen molar-refractivity contribution >= 4 is 16.5 Å². The predicted octanol–water partition coefficient (Wildman–Crippen LogP) is 3.69. The molecule has 0 radical (unpaired) electrons. The molecule has 1 atom stereocenters. The smallest absolute Gasteiger partial charge is 0.185 e. The van der Waals surface area contributed by atoms with Crippen molar-refractivity contribution in [2.45, 2.75) is 53.0 Å². The van der Waals surface area contributed by atoms with Crippen LogP contribution in [-0.4, -0.2) is 25.1 Å². The summed E-state index contributed by atoms with van der Waals surface area (Å²) in [6.45, 7) is 10.2. The number of rotatable bonds is 5. The lowest BCUT2D eigenvalue weighted by atomic mass is 9.89. The number of aromatic nitrogens is 1. The van der Waals surface area contributed by atoms with Crippen LogP contribution in [0.3, 0.4) is 0 Å². The minimum absolute atomic E-state index is 0.817. The van der Waals surface area contributed by atoms with Crippen LogP contribution < -0.4 is 10.2 Å². The number of anilines is 1. The van der Waals surface area contributed by atoms with Gasteiger partial charge < -0.3 is 10.2 Å². The van der Waals surface area contributed by atoms with Crippen molar-refractivity contribution in [2.24, 2.45) is 11.8 Å². The zero-order valence-corrected chi connectivity index (χ0v) is 14.2. The van der Waals surface area contributed by atoms with Crippen molar-refractivity contribution in [3.05, 3.63) is 10.6 Å². The molecule has 0 saturated carbocycles. The van der Waals surface area contributed by atoms with Crippen LogP contribution in [0.25, 0.3) is 0 Å². The van der Waals surface area contributed by atoms with Crippen LogP contribution in [0.15, 0.2) is 0 Å². The van der Waals surface area contributed by atoms with Crippen LogP contribution >= 0.6 is 11.3 Å². The Bertz CT molecular complexity index is 414. The van der Waals surface area contributed by atoms with E-state index in [0.717, 1.165) is 24.8 Å². The molecule has 4 heteroatoms. The second-order valence-corrected chi connectivity index (χ2v) is 7.23. The van der Waals surface area contributed by atoms with E-state index in [-0.39, 0.29) is 0 Å². The third-order valence-corrected chi connectivity index (χ3v) is 5.58. The Balaban J connectivity index is 2.07. The average Bonchev–Trinajstić information content (AvgIpc) is 2.67. The molecule has 1 aliphatic rings. The van der Waals surface area contributed by atoms with Gasteiger partial charge in [-0.3, -0.25) is 0 Å². The van der Waals surface area contributed by atoms with Gasteiger partial charge >= 0.3 is 0 Å². The molecule has 0 spiro atoms. The van der Waals surface area contributed by atoms with E-state index < -0.39 is 0 Å². The highest BCUT2D eigenvalue weighted by Crippen LogP contribution is 2.31. The summed E-state index contributed by atoms with van der Waals surface area (Å²) in [5.74, 6) is 1.71. The summed E-state index contributed by atoms with van der Waals surface area (Å²) in [5.41, 5.74) is 1.28. The highest BCUT2D eigenvalue weighted by Gasteiger charge is 2.22. The summed E-state index contributed by atoms with van der Waals surface area (Å²) in [7, 11) is 2.01. The summed E-state index contributed by atoms with van der Waals surface area (Å²) in [6.07, 6.45) is 5.05. The minimum Gasteiger partial charge on any atom is -0.348 e. The molecule has 1 unspecified atom stereocenters. The molecule has 0 amide bonds. The van der Waals surface area contributed by atoms with Gasteiger partial charge in [0.1, 0.15) is 0 Å². The first-order valence-electron chi connectivity index (χ1n) is 8.03. The molecule has 0 aromatic carbocycles. The van der Waals surface area contributed by atoms with E-state index in [2.05, 4.69) is 31.0 Å². The van der Waals surface area contributed by atoms with E-state index in [1.807, 2.05) is 18.4 Å². The Morgan fingerprint density at radius 2 is 2.15 bits per heavy atom. The van der Waals surface area contributed by atoms with Crippen molar-refractivity contribution in [3.63, 3.8) is 0 Å². The van der Waals surface area contributed by atoms with Crippen LogP contribution in [0.4, 0.5) is 5.13 Å². The lowest BCUT2D eigenvalue weighted by molar-refractivity contribution is 0.351. The number of hydrogen-bond donors (Lipinski definition) is 1. The predicted molar refractivity (Wildman–Crippen MR) is 88.6 cm³/mol. The van der Waals surface area contributed by atoms with E-state index in [0.29, 0.717) is 0 Å². The van der Waals surface area contributed by atoms with Crippen molar-refractivity contribution < 1.29 is 0 Å². The second-order valence-electron chi connectivity index (χ2n) is 6.17. The molecule has 1 aromatic rings. The number of hydrogen-bond acceptors (Lipinski definition) is 4. The van der Waals surface area contributed by atoms with Gasteiger partial charge in [-0.2, -0.15) is 0 Å². The monoisotopic (exact) mass is 295 g/mol. The number of aryl methyl sites for hydroxylation is 1. The highest BCUT2D eigenvalue weighted by molar-refractivity contribution is 7.15. The lowest BCUT2D eigenvalue weighted by Crippen LogP contribution is -2.24. The maximum atomic E-state index is 4.89. The van der Waals surface area contributed by atoms with Crippen molar-refractivity contribution in [1.29, 1.82) is 0 Å². The molecule has 1 fully saturated rings. The fourth-order valence-electron chi connectivity index (χ4n) is 3.06. The van der Waals surface area contributed by atoms with Gasteiger partial charge in [0, 0.05) is 24.5 Å². The molecule has 1 aliphatic heterocycles. The third kappa shape index (κ3) is 3.73. The average molecular weight is 295 g/mol. The van der Waals surface area contributed by atoms with Gasteiger partial charge in [0.05, 0.1) is 5.69 Å². The van der Waals surface area contributed by atoms with Gasteiger partial charge in [-0.05, 0) is 44.6 Å². The van der Waals surface area contributed by atoms with Crippen LogP contribution in [0.2, 0.25) is 0 Å². The maximum Gasteiger partial charge on any atom is 0.185 e. The number of nitrogens with zero attached hydrogens (tertiary/aromatic N) is 2. The molecule has 114 valence electrons. The van der Waals surface area contributed by atoms with E-state index in [4.69, 9.17) is 4.98 Å². The van der Waals surface area contributed by atoms with Crippen LogP contribution in [0.1, 0.15) is 50.6 Å². The normalized spacial score (nSPS) is 20.4. The van der Waals surface area contributed by atoms with E-state index in [1.54, 1.807) is 0 Å². The van der Waals surface area contributed by atoms with E-state index >= 15 is 0 Å². The van der Waals surface area contributed by atoms with Crippen LogP contribution in [0, 0.1) is 11.8 Å². The summed E-state index contributed by atoms with van der Waals surface area (Å²) >= 11 is 1.89. The SMILES string of the molecule is CCc1nc(N2CCCC(C(C)C)CC2)sc1CNC. The summed E-state index contributed by atoms with van der Waals surface area (Å²) in [6, 6.07) is 0.